The van der Waals surface area contributed by atoms with Crippen molar-refractivity contribution in [3.05, 3.63) is 12.1 Å². The topological polar surface area (TPSA) is 43.8 Å². The molecule has 5 heteroatoms. The highest BCUT2D eigenvalue weighted by atomic mass is 35.5. The van der Waals surface area contributed by atoms with Crippen molar-refractivity contribution in [2.24, 2.45) is 7.05 Å². The standard InChI is InChI=1S/C4H6FN3.ClH/c1-8-4(5)3(6)2-7-8;/h2H,6H2,1H3;1H. The Morgan fingerprint density at radius 1 is 1.78 bits per heavy atom. The van der Waals surface area contributed by atoms with E-state index in [1.54, 1.807) is 0 Å². The lowest BCUT2D eigenvalue weighted by molar-refractivity contribution is 0.507. The van der Waals surface area contributed by atoms with Gasteiger partial charge < -0.3 is 5.73 Å². The molecule has 3 nitrogen and oxygen atoms in total. The summed E-state index contributed by atoms with van der Waals surface area (Å²) in [5.74, 6) is -0.481. The molecule has 0 aliphatic rings. The van der Waals surface area contributed by atoms with Crippen LogP contribution in [0.2, 0.25) is 0 Å². The largest absolute Gasteiger partial charge is 0.394 e. The van der Waals surface area contributed by atoms with Crippen molar-refractivity contribution in [3.8, 4) is 0 Å². The molecule has 1 aromatic heterocycles. The summed E-state index contributed by atoms with van der Waals surface area (Å²) < 4.78 is 13.3. The van der Waals surface area contributed by atoms with E-state index in [0.29, 0.717) is 0 Å². The zero-order valence-corrected chi connectivity index (χ0v) is 5.65. The van der Waals surface area contributed by atoms with E-state index >= 15 is 0 Å². The smallest absolute Gasteiger partial charge is 0.234 e. The monoisotopic (exact) mass is 151 g/mol. The number of nitrogens with zero attached hydrogens (tertiary/aromatic N) is 2. The van der Waals surface area contributed by atoms with Crippen LogP contribution in [0.4, 0.5) is 10.1 Å². The number of halogens is 2. The molecule has 1 heterocycles. The Bertz CT molecular complexity index is 178. The van der Waals surface area contributed by atoms with E-state index in [0.717, 1.165) is 4.68 Å². The van der Waals surface area contributed by atoms with Crippen molar-refractivity contribution in [1.82, 2.24) is 9.78 Å². The van der Waals surface area contributed by atoms with Gasteiger partial charge in [0, 0.05) is 7.05 Å². The molecule has 0 bridgehead atoms. The van der Waals surface area contributed by atoms with E-state index in [-0.39, 0.29) is 18.1 Å². The predicted molar refractivity (Wildman–Crippen MR) is 34.8 cm³/mol. The second kappa shape index (κ2) is 2.68. The van der Waals surface area contributed by atoms with E-state index in [1.807, 2.05) is 0 Å². The molecule has 52 valence electrons. The molecule has 1 rings (SSSR count). The molecular formula is C4H7ClFN3. The van der Waals surface area contributed by atoms with Crippen LogP contribution in [0.3, 0.4) is 0 Å². The number of anilines is 1. The van der Waals surface area contributed by atoms with Gasteiger partial charge in [-0.1, -0.05) is 0 Å². The van der Waals surface area contributed by atoms with Crippen LogP contribution in [-0.4, -0.2) is 9.78 Å². The molecule has 0 aromatic carbocycles. The molecule has 0 aliphatic carbocycles. The molecule has 0 saturated heterocycles. The lowest BCUT2D eigenvalue weighted by atomic mass is 10.6. The quantitative estimate of drug-likeness (QED) is 0.589. The number of aryl methyl sites for hydroxylation is 1. The van der Waals surface area contributed by atoms with Gasteiger partial charge in [-0.2, -0.15) is 9.49 Å². The van der Waals surface area contributed by atoms with Crippen LogP contribution in [0.25, 0.3) is 0 Å². The minimum atomic E-state index is -0.481. The number of aromatic nitrogens is 2. The van der Waals surface area contributed by atoms with Gasteiger partial charge in [-0.25, -0.2) is 4.68 Å². The van der Waals surface area contributed by atoms with Crippen molar-refractivity contribution in [3.63, 3.8) is 0 Å². The predicted octanol–water partition coefficient (Wildman–Crippen LogP) is 0.563. The minimum absolute atomic E-state index is 0. The maximum absolute atomic E-state index is 12.3. The average molecular weight is 152 g/mol. The Labute approximate surface area is 58.1 Å². The van der Waals surface area contributed by atoms with Gasteiger partial charge in [0.2, 0.25) is 5.95 Å². The summed E-state index contributed by atoms with van der Waals surface area (Å²) in [6, 6.07) is 0. The van der Waals surface area contributed by atoms with Crippen LogP contribution in [0.15, 0.2) is 6.20 Å². The maximum Gasteiger partial charge on any atom is 0.234 e. The van der Waals surface area contributed by atoms with Gasteiger partial charge in [0.15, 0.2) is 0 Å². The first-order chi connectivity index (χ1) is 3.72. The molecule has 0 amide bonds. The fourth-order valence-corrected chi connectivity index (χ4v) is 0.440. The van der Waals surface area contributed by atoms with E-state index in [4.69, 9.17) is 5.73 Å². The second-order valence-corrected chi connectivity index (χ2v) is 1.51. The molecule has 0 atom stereocenters. The Kier molecular flexibility index (Phi) is 2.45. The number of hydrogen-bond donors (Lipinski definition) is 1. The van der Waals surface area contributed by atoms with Crippen LogP contribution in [0, 0.1) is 5.95 Å². The highest BCUT2D eigenvalue weighted by Crippen LogP contribution is 2.03. The number of nitrogen functional groups attached to an aromatic ring is 1. The van der Waals surface area contributed by atoms with Gasteiger partial charge in [0.05, 0.1) is 6.20 Å². The first-order valence-corrected chi connectivity index (χ1v) is 2.15. The van der Waals surface area contributed by atoms with E-state index in [1.165, 1.54) is 13.2 Å². The molecule has 1 aromatic rings. The zero-order chi connectivity index (χ0) is 6.15. The normalized spacial score (nSPS) is 8.67. The summed E-state index contributed by atoms with van der Waals surface area (Å²) in [6.07, 6.45) is 1.27. The zero-order valence-electron chi connectivity index (χ0n) is 4.84. The molecule has 0 aliphatic heterocycles. The summed E-state index contributed by atoms with van der Waals surface area (Å²) in [6.45, 7) is 0. The van der Waals surface area contributed by atoms with Gasteiger partial charge in [-0.05, 0) is 0 Å². The SMILES string of the molecule is Cl.Cn1ncc(N)c1F. The van der Waals surface area contributed by atoms with Gasteiger partial charge >= 0.3 is 0 Å². The van der Waals surface area contributed by atoms with Gasteiger partial charge in [0.1, 0.15) is 5.69 Å². The molecule has 0 saturated carbocycles. The van der Waals surface area contributed by atoms with Gasteiger partial charge in [0.25, 0.3) is 0 Å². The lowest BCUT2D eigenvalue weighted by Gasteiger charge is -1.85. The van der Waals surface area contributed by atoms with Crippen LogP contribution >= 0.6 is 12.4 Å². The molecule has 0 spiro atoms. The van der Waals surface area contributed by atoms with Crippen molar-refractivity contribution in [2.75, 3.05) is 5.73 Å². The van der Waals surface area contributed by atoms with Gasteiger partial charge in [-0.3, -0.25) is 0 Å². The summed E-state index contributed by atoms with van der Waals surface area (Å²) in [4.78, 5) is 0. The Balaban J connectivity index is 0.000000640. The Hall–Kier alpha value is -0.770. The highest BCUT2D eigenvalue weighted by molar-refractivity contribution is 5.85. The van der Waals surface area contributed by atoms with Gasteiger partial charge in [-0.15, -0.1) is 12.4 Å². The van der Waals surface area contributed by atoms with Crippen LogP contribution in [-0.2, 0) is 7.05 Å². The van der Waals surface area contributed by atoms with E-state index in [2.05, 4.69) is 5.10 Å². The van der Waals surface area contributed by atoms with Crippen LogP contribution in [0.1, 0.15) is 0 Å². The van der Waals surface area contributed by atoms with Crippen molar-refractivity contribution in [1.29, 1.82) is 0 Å². The molecule has 0 fully saturated rings. The molecular weight excluding hydrogens is 145 g/mol. The summed E-state index contributed by atoms with van der Waals surface area (Å²) in [5, 5.41) is 3.53. The minimum Gasteiger partial charge on any atom is -0.394 e. The number of rotatable bonds is 0. The van der Waals surface area contributed by atoms with Crippen molar-refractivity contribution >= 4 is 18.1 Å². The molecule has 0 radical (unpaired) electrons. The van der Waals surface area contributed by atoms with Crippen molar-refractivity contribution < 1.29 is 4.39 Å². The first kappa shape index (κ1) is 8.23. The number of nitrogens with two attached hydrogens (primary N) is 1. The lowest BCUT2D eigenvalue weighted by Crippen LogP contribution is -1.94. The Morgan fingerprint density at radius 2 is 2.33 bits per heavy atom. The summed E-state index contributed by atoms with van der Waals surface area (Å²) in [5.41, 5.74) is 5.17. The Morgan fingerprint density at radius 3 is 2.44 bits per heavy atom. The van der Waals surface area contributed by atoms with Crippen LogP contribution < -0.4 is 5.73 Å². The third-order valence-electron chi connectivity index (χ3n) is 0.892. The molecule has 0 unspecified atom stereocenters. The summed E-state index contributed by atoms with van der Waals surface area (Å²) >= 11 is 0. The average Bonchev–Trinajstić information content (AvgIpc) is 1.98. The highest BCUT2D eigenvalue weighted by Gasteiger charge is 1.99. The molecule has 2 N–H and O–H groups in total. The first-order valence-electron chi connectivity index (χ1n) is 2.15. The molecule has 9 heavy (non-hydrogen) atoms. The summed E-state index contributed by atoms with van der Waals surface area (Å²) in [7, 11) is 1.49. The van der Waals surface area contributed by atoms with E-state index in [9.17, 15) is 4.39 Å². The third-order valence-corrected chi connectivity index (χ3v) is 0.892. The second-order valence-electron chi connectivity index (χ2n) is 1.51. The number of hydrogen-bond acceptors (Lipinski definition) is 2. The fourth-order valence-electron chi connectivity index (χ4n) is 0.440. The van der Waals surface area contributed by atoms with Crippen molar-refractivity contribution in [2.45, 2.75) is 0 Å². The van der Waals surface area contributed by atoms with Crippen LogP contribution in [0.5, 0.6) is 0 Å². The fraction of sp³-hybridized carbons (Fsp3) is 0.250. The maximum atomic E-state index is 12.3. The van der Waals surface area contributed by atoms with E-state index < -0.39 is 5.95 Å². The third kappa shape index (κ3) is 1.32.